The largest absolute Gasteiger partial charge is 0.755 e. The Morgan fingerprint density at radius 1 is 1.38 bits per heavy atom. The van der Waals surface area contributed by atoms with E-state index in [2.05, 4.69) is 0 Å². The Labute approximate surface area is 78.6 Å². The highest BCUT2D eigenvalue weighted by molar-refractivity contribution is 7.81. The summed E-state index contributed by atoms with van der Waals surface area (Å²) >= 11 is -2.55. The summed E-state index contributed by atoms with van der Waals surface area (Å²) in [5.74, 6) is 0. The number of rotatable bonds is 3. The van der Waals surface area contributed by atoms with Gasteiger partial charge in [-0.3, -0.25) is 9.00 Å². The molecule has 0 aromatic heterocycles. The predicted octanol–water partition coefficient (Wildman–Crippen LogP) is 0.752. The fraction of sp³-hybridized carbons (Fsp3) is 0.125. The lowest BCUT2D eigenvalue weighted by Crippen LogP contribution is -2.22. The number of amides is 1. The van der Waals surface area contributed by atoms with E-state index in [1.807, 2.05) is 6.92 Å². The van der Waals surface area contributed by atoms with Gasteiger partial charge in [0.05, 0.1) is 17.0 Å². The molecular formula is C8H8NO3S-. The molecule has 1 aromatic rings. The van der Waals surface area contributed by atoms with Crippen molar-refractivity contribution in [1.82, 2.24) is 0 Å². The van der Waals surface area contributed by atoms with Crippen LogP contribution in [-0.4, -0.2) is 15.2 Å². The summed E-state index contributed by atoms with van der Waals surface area (Å²) in [6, 6.07) is 6.61. The number of nitrogens with zero attached hydrogens (tertiary/aromatic N) is 1. The Morgan fingerprint density at radius 3 is 2.31 bits per heavy atom. The molecule has 0 N–H and O–H groups in total. The molecular weight excluding hydrogens is 190 g/mol. The van der Waals surface area contributed by atoms with Crippen molar-refractivity contribution < 1.29 is 13.6 Å². The van der Waals surface area contributed by atoms with Gasteiger partial charge in [0.15, 0.2) is 0 Å². The Bertz CT molecular complexity index is 323. The lowest BCUT2D eigenvalue weighted by molar-refractivity contribution is -0.106. The normalized spacial score (nSPS) is 12.2. The lowest BCUT2D eigenvalue weighted by Gasteiger charge is -2.18. The number of aryl methyl sites for hydroxylation is 1. The van der Waals surface area contributed by atoms with E-state index in [9.17, 15) is 13.6 Å². The molecule has 1 rings (SSSR count). The van der Waals surface area contributed by atoms with Gasteiger partial charge >= 0.3 is 0 Å². The second-order valence-corrected chi connectivity index (χ2v) is 3.31. The predicted molar refractivity (Wildman–Crippen MR) is 48.6 cm³/mol. The summed E-state index contributed by atoms with van der Waals surface area (Å²) in [4.78, 5) is 10.4. The molecule has 0 heterocycles. The van der Waals surface area contributed by atoms with Crippen LogP contribution in [0.5, 0.6) is 0 Å². The zero-order valence-corrected chi connectivity index (χ0v) is 7.78. The van der Waals surface area contributed by atoms with Gasteiger partial charge in [-0.25, -0.2) is 4.31 Å². The van der Waals surface area contributed by atoms with Crippen LogP contribution < -0.4 is 4.31 Å². The van der Waals surface area contributed by atoms with E-state index in [1.54, 1.807) is 24.3 Å². The second-order valence-electron chi connectivity index (χ2n) is 2.48. The molecule has 0 spiro atoms. The molecule has 0 aliphatic rings. The van der Waals surface area contributed by atoms with E-state index in [4.69, 9.17) is 0 Å². The number of carbonyl (C=O) groups excluding carboxylic acids is 1. The molecule has 1 amide bonds. The van der Waals surface area contributed by atoms with Crippen molar-refractivity contribution >= 4 is 23.4 Å². The minimum atomic E-state index is -2.55. The first kappa shape index (κ1) is 9.88. The molecule has 0 aliphatic heterocycles. The third-order valence-electron chi connectivity index (χ3n) is 1.54. The van der Waals surface area contributed by atoms with Crippen molar-refractivity contribution in [3.63, 3.8) is 0 Å². The topological polar surface area (TPSA) is 60.4 Å². The van der Waals surface area contributed by atoms with E-state index in [0.717, 1.165) is 5.56 Å². The van der Waals surface area contributed by atoms with Crippen LogP contribution in [0.15, 0.2) is 24.3 Å². The summed E-state index contributed by atoms with van der Waals surface area (Å²) in [7, 11) is 0. The number of hydrogen-bond acceptors (Lipinski definition) is 3. The number of hydrogen-bond donors (Lipinski definition) is 0. The van der Waals surface area contributed by atoms with Crippen LogP contribution in [-0.2, 0) is 16.1 Å². The highest BCUT2D eigenvalue weighted by Crippen LogP contribution is 2.14. The molecule has 0 radical (unpaired) electrons. The molecule has 13 heavy (non-hydrogen) atoms. The second kappa shape index (κ2) is 4.15. The zero-order chi connectivity index (χ0) is 9.84. The van der Waals surface area contributed by atoms with E-state index < -0.39 is 11.3 Å². The molecule has 1 atom stereocenters. The molecule has 0 saturated carbocycles. The maximum absolute atomic E-state index is 10.5. The van der Waals surface area contributed by atoms with Crippen molar-refractivity contribution in [2.24, 2.45) is 0 Å². The van der Waals surface area contributed by atoms with Gasteiger partial charge in [0.1, 0.15) is 0 Å². The van der Waals surface area contributed by atoms with Crippen LogP contribution in [0, 0.1) is 6.92 Å². The monoisotopic (exact) mass is 198 g/mol. The summed E-state index contributed by atoms with van der Waals surface area (Å²) in [5.41, 5.74) is 1.35. The summed E-state index contributed by atoms with van der Waals surface area (Å²) < 4.78 is 21.6. The summed E-state index contributed by atoms with van der Waals surface area (Å²) in [6.07, 6.45) is 0.258. The highest BCUT2D eigenvalue weighted by Gasteiger charge is 2.03. The van der Waals surface area contributed by atoms with Gasteiger partial charge < -0.3 is 4.55 Å². The smallest absolute Gasteiger partial charge is 0.225 e. The SMILES string of the molecule is Cc1ccc(N(C=O)S(=O)[O-])cc1. The van der Waals surface area contributed by atoms with E-state index in [-0.39, 0.29) is 6.41 Å². The number of anilines is 1. The van der Waals surface area contributed by atoms with Crippen molar-refractivity contribution in [3.05, 3.63) is 29.8 Å². The average Bonchev–Trinajstić information content (AvgIpc) is 2.09. The minimum Gasteiger partial charge on any atom is -0.755 e. The quantitative estimate of drug-likeness (QED) is 0.532. The van der Waals surface area contributed by atoms with E-state index in [0.29, 0.717) is 9.99 Å². The third-order valence-corrected chi connectivity index (χ3v) is 2.16. The molecule has 0 saturated heterocycles. The Balaban J connectivity index is 2.99. The van der Waals surface area contributed by atoms with Gasteiger partial charge in [0.2, 0.25) is 6.41 Å². The van der Waals surface area contributed by atoms with Crippen molar-refractivity contribution in [2.75, 3.05) is 4.31 Å². The molecule has 1 unspecified atom stereocenters. The highest BCUT2D eigenvalue weighted by atomic mass is 32.2. The number of benzene rings is 1. The van der Waals surface area contributed by atoms with Crippen LogP contribution in [0.3, 0.4) is 0 Å². The van der Waals surface area contributed by atoms with E-state index in [1.165, 1.54) is 0 Å². The molecule has 0 bridgehead atoms. The maximum Gasteiger partial charge on any atom is 0.225 e. The van der Waals surface area contributed by atoms with Crippen LogP contribution in [0.2, 0.25) is 0 Å². The molecule has 70 valence electrons. The van der Waals surface area contributed by atoms with Gasteiger partial charge in [0, 0.05) is 0 Å². The molecule has 0 fully saturated rings. The van der Waals surface area contributed by atoms with Crippen molar-refractivity contribution in [1.29, 1.82) is 0 Å². The Morgan fingerprint density at radius 2 is 1.92 bits per heavy atom. The third kappa shape index (κ3) is 2.37. The van der Waals surface area contributed by atoms with Gasteiger partial charge in [-0.05, 0) is 19.1 Å². The molecule has 1 aromatic carbocycles. The van der Waals surface area contributed by atoms with Gasteiger partial charge in [0.25, 0.3) is 0 Å². The average molecular weight is 198 g/mol. The zero-order valence-electron chi connectivity index (χ0n) is 6.97. The minimum absolute atomic E-state index is 0.258. The fourth-order valence-corrected chi connectivity index (χ4v) is 1.24. The fourth-order valence-electron chi connectivity index (χ4n) is 0.874. The van der Waals surface area contributed by atoms with Gasteiger partial charge in [-0.1, -0.05) is 17.7 Å². The van der Waals surface area contributed by atoms with Gasteiger partial charge in [-0.15, -0.1) is 0 Å². The number of carbonyl (C=O) groups is 1. The lowest BCUT2D eigenvalue weighted by atomic mass is 10.2. The van der Waals surface area contributed by atoms with Crippen molar-refractivity contribution in [2.45, 2.75) is 6.92 Å². The van der Waals surface area contributed by atoms with Crippen LogP contribution >= 0.6 is 0 Å². The van der Waals surface area contributed by atoms with Crippen LogP contribution in [0.25, 0.3) is 0 Å². The Kier molecular flexibility index (Phi) is 3.16. The van der Waals surface area contributed by atoms with Crippen LogP contribution in [0.1, 0.15) is 5.56 Å². The Hall–Kier alpha value is -1.20. The first-order valence-electron chi connectivity index (χ1n) is 3.55. The van der Waals surface area contributed by atoms with Crippen molar-refractivity contribution in [3.8, 4) is 0 Å². The summed E-state index contributed by atoms with van der Waals surface area (Å²) in [5, 5.41) is 0. The van der Waals surface area contributed by atoms with Gasteiger partial charge in [-0.2, -0.15) is 0 Å². The maximum atomic E-state index is 10.5. The first-order valence-corrected chi connectivity index (χ1v) is 4.59. The standard InChI is InChI=1S/C8H9NO3S/c1-7-2-4-8(5-3-7)9(6-10)13(11)12/h2-6H,1H3,(H,11,12)/p-1. The first-order chi connectivity index (χ1) is 6.15. The molecule has 0 aliphatic carbocycles. The molecule has 4 nitrogen and oxygen atoms in total. The molecule has 5 heteroatoms. The van der Waals surface area contributed by atoms with E-state index >= 15 is 0 Å². The summed E-state index contributed by atoms with van der Waals surface area (Å²) in [6.45, 7) is 1.88. The van der Waals surface area contributed by atoms with Crippen LogP contribution in [0.4, 0.5) is 5.69 Å².